The Kier molecular flexibility index (Phi) is 3.07. The highest BCUT2D eigenvalue weighted by atomic mass is 16.3. The highest BCUT2D eigenvalue weighted by Gasteiger charge is 2.49. The van der Waals surface area contributed by atoms with Gasteiger partial charge in [-0.25, -0.2) is 0 Å². The molecule has 1 aromatic carbocycles. The smallest absolute Gasteiger partial charge is 0.193 e. The molecule has 0 heterocycles. The third-order valence-corrected chi connectivity index (χ3v) is 4.56. The number of carbonyl (C=O) groups is 3. The van der Waals surface area contributed by atoms with Crippen LogP contribution in [0.2, 0.25) is 0 Å². The third kappa shape index (κ3) is 1.85. The Labute approximate surface area is 127 Å². The van der Waals surface area contributed by atoms with E-state index in [0.717, 1.165) is 0 Å². The van der Waals surface area contributed by atoms with E-state index in [9.17, 15) is 24.6 Å². The lowest BCUT2D eigenvalue weighted by molar-refractivity contribution is -0.127. The number of hydrogen-bond acceptors (Lipinski definition) is 5. The molecular formula is C17H16O5. The van der Waals surface area contributed by atoms with E-state index in [-0.39, 0.29) is 46.6 Å². The van der Waals surface area contributed by atoms with Crippen molar-refractivity contribution in [1.82, 2.24) is 0 Å². The van der Waals surface area contributed by atoms with Gasteiger partial charge in [-0.05, 0) is 32.8 Å². The van der Waals surface area contributed by atoms with Crippen molar-refractivity contribution in [3.8, 4) is 5.75 Å². The monoisotopic (exact) mass is 300 g/mol. The molecule has 2 aliphatic rings. The van der Waals surface area contributed by atoms with Crippen molar-refractivity contribution in [2.24, 2.45) is 5.92 Å². The Bertz CT molecular complexity index is 754. The van der Waals surface area contributed by atoms with Crippen molar-refractivity contribution in [3.05, 3.63) is 40.5 Å². The fourth-order valence-corrected chi connectivity index (χ4v) is 3.55. The minimum Gasteiger partial charge on any atom is -0.507 e. The molecule has 2 N–H and O–H groups in total. The number of benzene rings is 1. The second kappa shape index (κ2) is 4.61. The molecule has 2 unspecified atom stereocenters. The highest BCUT2D eigenvalue weighted by Crippen LogP contribution is 2.45. The van der Waals surface area contributed by atoms with Gasteiger partial charge in [0.25, 0.3) is 0 Å². The molecule has 0 bridgehead atoms. The van der Waals surface area contributed by atoms with E-state index in [4.69, 9.17) is 0 Å². The SMILES string of the molecule is CC(=O)C1C2=C(CCC1(C)O)C(=O)c1c(O)cccc1C2=O. The van der Waals surface area contributed by atoms with Crippen LogP contribution < -0.4 is 0 Å². The summed E-state index contributed by atoms with van der Waals surface area (Å²) in [6, 6.07) is 4.30. The molecule has 0 saturated heterocycles. The van der Waals surface area contributed by atoms with Gasteiger partial charge in [-0.2, -0.15) is 0 Å². The van der Waals surface area contributed by atoms with Crippen LogP contribution in [0.25, 0.3) is 0 Å². The van der Waals surface area contributed by atoms with Gasteiger partial charge in [0, 0.05) is 16.7 Å². The van der Waals surface area contributed by atoms with Crippen LogP contribution in [-0.4, -0.2) is 33.2 Å². The Balaban J connectivity index is 2.27. The summed E-state index contributed by atoms with van der Waals surface area (Å²) in [5.74, 6) is -2.48. The summed E-state index contributed by atoms with van der Waals surface area (Å²) < 4.78 is 0. The molecule has 0 spiro atoms. The van der Waals surface area contributed by atoms with Gasteiger partial charge in [-0.15, -0.1) is 0 Å². The van der Waals surface area contributed by atoms with Crippen LogP contribution in [-0.2, 0) is 4.79 Å². The van der Waals surface area contributed by atoms with Crippen LogP contribution in [0, 0.1) is 5.92 Å². The fourth-order valence-electron chi connectivity index (χ4n) is 3.55. The van der Waals surface area contributed by atoms with Gasteiger partial charge in [-0.1, -0.05) is 12.1 Å². The number of aromatic hydroxyl groups is 1. The number of carbonyl (C=O) groups excluding carboxylic acids is 3. The van der Waals surface area contributed by atoms with Crippen LogP contribution in [0.4, 0.5) is 0 Å². The predicted octanol–water partition coefficient (Wildman–Crippen LogP) is 1.82. The van der Waals surface area contributed by atoms with Gasteiger partial charge >= 0.3 is 0 Å². The first kappa shape index (κ1) is 14.7. The molecular weight excluding hydrogens is 284 g/mol. The quantitative estimate of drug-likeness (QED) is 0.825. The second-order valence-electron chi connectivity index (χ2n) is 6.15. The number of aliphatic hydroxyl groups is 1. The third-order valence-electron chi connectivity index (χ3n) is 4.56. The Morgan fingerprint density at radius 2 is 1.95 bits per heavy atom. The van der Waals surface area contributed by atoms with E-state index in [1.165, 1.54) is 32.0 Å². The molecule has 1 aromatic rings. The zero-order valence-electron chi connectivity index (χ0n) is 12.3. The first-order valence-electron chi connectivity index (χ1n) is 7.13. The van der Waals surface area contributed by atoms with Gasteiger partial charge in [0.2, 0.25) is 0 Å². The first-order valence-corrected chi connectivity index (χ1v) is 7.13. The van der Waals surface area contributed by atoms with Crippen LogP contribution >= 0.6 is 0 Å². The number of rotatable bonds is 1. The molecule has 3 rings (SSSR count). The Morgan fingerprint density at radius 1 is 1.27 bits per heavy atom. The van der Waals surface area contributed by atoms with Gasteiger partial charge in [-0.3, -0.25) is 14.4 Å². The number of ketones is 3. The molecule has 0 fully saturated rings. The molecule has 0 radical (unpaired) electrons. The van der Waals surface area contributed by atoms with E-state index in [0.29, 0.717) is 0 Å². The van der Waals surface area contributed by atoms with Crippen LogP contribution in [0.3, 0.4) is 0 Å². The largest absolute Gasteiger partial charge is 0.507 e. The van der Waals surface area contributed by atoms with E-state index in [2.05, 4.69) is 0 Å². The van der Waals surface area contributed by atoms with E-state index in [1.807, 2.05) is 0 Å². The molecule has 5 heteroatoms. The van der Waals surface area contributed by atoms with Gasteiger partial charge in [0.05, 0.1) is 17.1 Å². The van der Waals surface area contributed by atoms with Gasteiger partial charge in [0.15, 0.2) is 11.6 Å². The van der Waals surface area contributed by atoms with E-state index in [1.54, 1.807) is 0 Å². The van der Waals surface area contributed by atoms with E-state index < -0.39 is 23.1 Å². The molecule has 2 aliphatic carbocycles. The molecule has 22 heavy (non-hydrogen) atoms. The molecule has 114 valence electrons. The molecule has 0 amide bonds. The van der Waals surface area contributed by atoms with E-state index >= 15 is 0 Å². The zero-order chi connectivity index (χ0) is 16.2. The zero-order valence-corrected chi connectivity index (χ0v) is 12.3. The summed E-state index contributed by atoms with van der Waals surface area (Å²) in [5.41, 5.74) is -0.935. The second-order valence-corrected chi connectivity index (χ2v) is 6.15. The number of phenolic OH excluding ortho intramolecular Hbond substituents is 1. The summed E-state index contributed by atoms with van der Waals surface area (Å²) in [6.07, 6.45) is 0.433. The maximum atomic E-state index is 12.8. The topological polar surface area (TPSA) is 91.7 Å². The minimum absolute atomic E-state index is 0.00454. The van der Waals surface area contributed by atoms with Crippen molar-refractivity contribution >= 4 is 17.3 Å². The standard InChI is InChI=1S/C17H16O5/c1-8(18)14-13-10(6-7-17(14,2)22)15(20)12-9(16(13)21)4-3-5-11(12)19/h3-5,14,19,22H,6-7H2,1-2H3. The Morgan fingerprint density at radius 3 is 2.59 bits per heavy atom. The van der Waals surface area contributed by atoms with Crippen molar-refractivity contribution in [1.29, 1.82) is 0 Å². The summed E-state index contributed by atoms with van der Waals surface area (Å²) in [7, 11) is 0. The molecule has 2 atom stereocenters. The predicted molar refractivity (Wildman–Crippen MR) is 77.8 cm³/mol. The number of phenols is 1. The minimum atomic E-state index is -1.35. The van der Waals surface area contributed by atoms with Gasteiger partial charge in [0.1, 0.15) is 11.5 Å². The molecule has 0 aromatic heterocycles. The first-order chi connectivity index (χ1) is 10.3. The summed E-state index contributed by atoms with van der Waals surface area (Å²) in [6.45, 7) is 2.82. The van der Waals surface area contributed by atoms with Crippen LogP contribution in [0.15, 0.2) is 29.3 Å². The highest BCUT2D eigenvalue weighted by molar-refractivity contribution is 6.29. The summed E-state index contributed by atoms with van der Waals surface area (Å²) >= 11 is 0. The molecule has 0 saturated carbocycles. The molecule has 5 nitrogen and oxygen atoms in total. The Hall–Kier alpha value is -2.27. The van der Waals surface area contributed by atoms with Crippen molar-refractivity contribution < 1.29 is 24.6 Å². The lowest BCUT2D eigenvalue weighted by Gasteiger charge is -2.39. The normalized spacial score (nSPS) is 27.5. The number of Topliss-reactive ketones (excluding diaryl/α,β-unsaturated/α-hetero) is 3. The average Bonchev–Trinajstić information content (AvgIpc) is 2.42. The maximum Gasteiger partial charge on any atom is 0.193 e. The molecule has 0 aliphatic heterocycles. The van der Waals surface area contributed by atoms with Crippen LogP contribution in [0.5, 0.6) is 5.75 Å². The van der Waals surface area contributed by atoms with Crippen molar-refractivity contribution in [3.63, 3.8) is 0 Å². The van der Waals surface area contributed by atoms with Crippen LogP contribution in [0.1, 0.15) is 47.4 Å². The van der Waals surface area contributed by atoms with Crippen molar-refractivity contribution in [2.75, 3.05) is 0 Å². The number of hydrogen-bond donors (Lipinski definition) is 2. The summed E-state index contributed by atoms with van der Waals surface area (Å²) in [5, 5.41) is 20.4. The maximum absolute atomic E-state index is 12.8. The fraction of sp³-hybridized carbons (Fsp3) is 0.353. The lowest BCUT2D eigenvalue weighted by Crippen LogP contribution is -2.47. The van der Waals surface area contributed by atoms with Gasteiger partial charge < -0.3 is 10.2 Å². The number of allylic oxidation sites excluding steroid dienone is 1. The lowest BCUT2D eigenvalue weighted by atomic mass is 9.65. The average molecular weight is 300 g/mol. The summed E-state index contributed by atoms with van der Waals surface area (Å²) in [4.78, 5) is 37.4. The number of fused-ring (bicyclic) bond motifs is 1. The van der Waals surface area contributed by atoms with Crippen molar-refractivity contribution in [2.45, 2.75) is 32.3 Å².